The first-order valence-corrected chi connectivity index (χ1v) is 7.16. The number of nitrogens with one attached hydrogen (secondary N) is 1. The van der Waals surface area contributed by atoms with Gasteiger partial charge in [-0.2, -0.15) is 5.10 Å². The molecular formula is C17H19N3O4. The first-order valence-electron chi connectivity index (χ1n) is 7.16. The van der Waals surface area contributed by atoms with E-state index in [1.165, 1.54) is 14.2 Å². The molecule has 1 amide bonds. The molecule has 0 fully saturated rings. The molecule has 7 nitrogen and oxygen atoms in total. The summed E-state index contributed by atoms with van der Waals surface area (Å²) in [6.45, 7) is 1.76. The first kappa shape index (κ1) is 17.3. The fourth-order valence-electron chi connectivity index (χ4n) is 2.15. The Morgan fingerprint density at radius 1 is 1.00 bits per heavy atom. The smallest absolute Gasteiger partial charge is 0.271 e. The quantitative estimate of drug-likeness (QED) is 0.649. The minimum absolute atomic E-state index is 0.323. The Morgan fingerprint density at radius 2 is 1.67 bits per heavy atom. The summed E-state index contributed by atoms with van der Waals surface area (Å²) in [5.41, 5.74) is 4.23. The molecule has 0 saturated carbocycles. The van der Waals surface area contributed by atoms with Crippen LogP contribution >= 0.6 is 0 Å². The Bertz CT molecular complexity index is 745. The van der Waals surface area contributed by atoms with Gasteiger partial charge in [-0.05, 0) is 31.2 Å². The third-order valence-electron chi connectivity index (χ3n) is 3.36. The highest BCUT2D eigenvalue weighted by Gasteiger charge is 2.17. The molecule has 0 bridgehead atoms. The van der Waals surface area contributed by atoms with Gasteiger partial charge in [0.05, 0.1) is 27.0 Å². The number of carbonyl (C=O) groups is 1. The maximum Gasteiger partial charge on any atom is 0.271 e. The van der Waals surface area contributed by atoms with E-state index in [1.54, 1.807) is 50.7 Å². The largest absolute Gasteiger partial charge is 0.493 e. The molecule has 2 aromatic rings. The second-order valence-electron chi connectivity index (χ2n) is 4.76. The van der Waals surface area contributed by atoms with E-state index in [2.05, 4.69) is 15.5 Å². The van der Waals surface area contributed by atoms with Gasteiger partial charge in [-0.15, -0.1) is 0 Å². The number of ether oxygens (including phenoxy) is 3. The lowest BCUT2D eigenvalue weighted by molar-refractivity contribution is 0.0954. The van der Waals surface area contributed by atoms with Crippen LogP contribution in [0.1, 0.15) is 22.8 Å². The number of rotatable bonds is 6. The zero-order valence-corrected chi connectivity index (χ0v) is 14.0. The molecule has 0 saturated heterocycles. The van der Waals surface area contributed by atoms with Crippen molar-refractivity contribution in [2.45, 2.75) is 6.92 Å². The minimum atomic E-state index is -0.323. The number of nitrogens with zero attached hydrogens (tertiary/aromatic N) is 2. The lowest BCUT2D eigenvalue weighted by Crippen LogP contribution is -2.19. The van der Waals surface area contributed by atoms with E-state index < -0.39 is 0 Å². The standard InChI is InChI=1S/C17H19N3O4/c1-11(19-20-17(21)12-7-9-18-10-8-12)13-5-6-14(22-2)16(24-4)15(13)23-3/h5-10H,1-4H3,(H,20,21). The fraction of sp³-hybridized carbons (Fsp3) is 0.235. The van der Waals surface area contributed by atoms with E-state index >= 15 is 0 Å². The molecule has 1 N–H and O–H groups in total. The zero-order valence-electron chi connectivity index (χ0n) is 14.0. The molecule has 1 heterocycles. The van der Waals surface area contributed by atoms with Crippen molar-refractivity contribution in [3.63, 3.8) is 0 Å². The highest BCUT2D eigenvalue weighted by atomic mass is 16.5. The summed E-state index contributed by atoms with van der Waals surface area (Å²) in [6, 6.07) is 6.76. The highest BCUT2D eigenvalue weighted by Crippen LogP contribution is 2.39. The Balaban J connectivity index is 2.29. The van der Waals surface area contributed by atoms with Crippen molar-refractivity contribution >= 4 is 11.6 Å². The van der Waals surface area contributed by atoms with Gasteiger partial charge in [-0.25, -0.2) is 5.43 Å². The Kier molecular flexibility index (Phi) is 5.73. The minimum Gasteiger partial charge on any atom is -0.493 e. The normalized spacial score (nSPS) is 10.9. The highest BCUT2D eigenvalue weighted by molar-refractivity contribution is 6.03. The molecule has 0 radical (unpaired) electrons. The van der Waals surface area contributed by atoms with Gasteiger partial charge < -0.3 is 14.2 Å². The number of methoxy groups -OCH3 is 3. The van der Waals surface area contributed by atoms with Crippen LogP contribution in [0, 0.1) is 0 Å². The molecule has 0 aliphatic heterocycles. The topological polar surface area (TPSA) is 82.0 Å². The third kappa shape index (κ3) is 3.62. The number of amides is 1. The van der Waals surface area contributed by atoms with Crippen molar-refractivity contribution in [1.29, 1.82) is 0 Å². The molecule has 126 valence electrons. The first-order chi connectivity index (χ1) is 11.6. The molecule has 0 unspecified atom stereocenters. The summed E-state index contributed by atoms with van der Waals surface area (Å²) >= 11 is 0. The zero-order chi connectivity index (χ0) is 17.5. The van der Waals surface area contributed by atoms with Crippen molar-refractivity contribution in [3.05, 3.63) is 47.8 Å². The van der Waals surface area contributed by atoms with Crippen molar-refractivity contribution in [1.82, 2.24) is 10.4 Å². The SMILES string of the molecule is COc1ccc(C(C)=NNC(=O)c2ccncc2)c(OC)c1OC. The number of carbonyl (C=O) groups excluding carboxylic acids is 1. The predicted octanol–water partition coefficient (Wildman–Crippen LogP) is 2.26. The van der Waals surface area contributed by atoms with Crippen LogP contribution in [0.3, 0.4) is 0 Å². The van der Waals surface area contributed by atoms with Crippen LogP contribution in [-0.2, 0) is 0 Å². The number of hydrazone groups is 1. The third-order valence-corrected chi connectivity index (χ3v) is 3.36. The van der Waals surface area contributed by atoms with Crippen LogP contribution in [0.15, 0.2) is 41.8 Å². The molecule has 0 spiro atoms. The molecule has 0 aliphatic carbocycles. The van der Waals surface area contributed by atoms with Crippen molar-refractivity contribution < 1.29 is 19.0 Å². The van der Waals surface area contributed by atoms with E-state index in [9.17, 15) is 4.79 Å². The molecule has 1 aromatic heterocycles. The van der Waals surface area contributed by atoms with Gasteiger partial charge in [0.1, 0.15) is 0 Å². The molecule has 1 aromatic carbocycles. The van der Waals surface area contributed by atoms with Crippen molar-refractivity contribution in [3.8, 4) is 17.2 Å². The van der Waals surface area contributed by atoms with Gasteiger partial charge in [0, 0.05) is 23.5 Å². The second kappa shape index (κ2) is 7.96. The monoisotopic (exact) mass is 329 g/mol. The maximum atomic E-state index is 12.0. The second-order valence-corrected chi connectivity index (χ2v) is 4.76. The van der Waals surface area contributed by atoms with Crippen molar-refractivity contribution in [2.24, 2.45) is 5.10 Å². The summed E-state index contributed by atoms with van der Waals surface area (Å²) in [7, 11) is 4.61. The number of hydrogen-bond acceptors (Lipinski definition) is 6. The number of hydrogen-bond donors (Lipinski definition) is 1. The maximum absolute atomic E-state index is 12.0. The van der Waals surface area contributed by atoms with Crippen LogP contribution in [0.2, 0.25) is 0 Å². The molecule has 0 atom stereocenters. The van der Waals surface area contributed by atoms with Crippen LogP contribution < -0.4 is 19.6 Å². The molecule has 2 rings (SSSR count). The Morgan fingerprint density at radius 3 is 2.25 bits per heavy atom. The number of aromatic nitrogens is 1. The van der Waals surface area contributed by atoms with E-state index in [-0.39, 0.29) is 5.91 Å². The lowest BCUT2D eigenvalue weighted by atomic mass is 10.1. The van der Waals surface area contributed by atoms with Crippen LogP contribution in [0.25, 0.3) is 0 Å². The van der Waals surface area contributed by atoms with Gasteiger partial charge in [-0.3, -0.25) is 9.78 Å². The predicted molar refractivity (Wildman–Crippen MR) is 90.0 cm³/mol. The van der Waals surface area contributed by atoms with Crippen molar-refractivity contribution in [2.75, 3.05) is 21.3 Å². The summed E-state index contributed by atoms with van der Waals surface area (Å²) in [5.74, 6) is 1.17. The van der Waals surface area contributed by atoms with Gasteiger partial charge in [-0.1, -0.05) is 0 Å². The van der Waals surface area contributed by atoms with E-state index in [4.69, 9.17) is 14.2 Å². The number of benzene rings is 1. The van der Waals surface area contributed by atoms with Crippen LogP contribution in [0.5, 0.6) is 17.2 Å². The van der Waals surface area contributed by atoms with Crippen LogP contribution in [0.4, 0.5) is 0 Å². The van der Waals surface area contributed by atoms with Gasteiger partial charge in [0.25, 0.3) is 5.91 Å². The van der Waals surface area contributed by atoms with Gasteiger partial charge in [0.15, 0.2) is 11.5 Å². The fourth-order valence-corrected chi connectivity index (χ4v) is 2.15. The summed E-state index contributed by atoms with van der Waals surface area (Å²) in [5, 5.41) is 4.13. The molecule has 24 heavy (non-hydrogen) atoms. The Labute approximate surface area is 140 Å². The summed E-state index contributed by atoms with van der Waals surface area (Å²) in [6.07, 6.45) is 3.09. The van der Waals surface area contributed by atoms with E-state index in [0.29, 0.717) is 34.1 Å². The van der Waals surface area contributed by atoms with E-state index in [0.717, 1.165) is 0 Å². The lowest BCUT2D eigenvalue weighted by Gasteiger charge is -2.15. The summed E-state index contributed by atoms with van der Waals surface area (Å²) in [4.78, 5) is 15.9. The Hall–Kier alpha value is -3.09. The average Bonchev–Trinajstić information content (AvgIpc) is 2.64. The van der Waals surface area contributed by atoms with Crippen LogP contribution in [-0.4, -0.2) is 37.9 Å². The van der Waals surface area contributed by atoms with Gasteiger partial charge >= 0.3 is 0 Å². The van der Waals surface area contributed by atoms with E-state index in [1.807, 2.05) is 0 Å². The number of pyridine rings is 1. The molecule has 0 aliphatic rings. The molecular weight excluding hydrogens is 310 g/mol. The summed E-state index contributed by atoms with van der Waals surface area (Å²) < 4.78 is 16.0. The van der Waals surface area contributed by atoms with Gasteiger partial charge in [0.2, 0.25) is 5.75 Å². The molecule has 7 heteroatoms. The average molecular weight is 329 g/mol.